The first-order valence-electron chi connectivity index (χ1n) is 7.27. The second-order valence-corrected chi connectivity index (χ2v) is 7.60. The molecule has 2 atom stereocenters. The van der Waals surface area contributed by atoms with Crippen LogP contribution in [0, 0.1) is 6.92 Å². The van der Waals surface area contributed by atoms with Gasteiger partial charge in [0.1, 0.15) is 5.75 Å². The third-order valence-corrected chi connectivity index (χ3v) is 4.82. The molecule has 0 saturated carbocycles. The topological polar surface area (TPSA) is 75.7 Å². The summed E-state index contributed by atoms with van der Waals surface area (Å²) in [6.07, 6.45) is 1.08. The Balaban J connectivity index is 2.33. The molecule has 0 aliphatic carbocycles. The molecule has 1 aliphatic rings. The fourth-order valence-corrected chi connectivity index (χ4v) is 3.16. The van der Waals surface area contributed by atoms with Crippen LogP contribution in [-0.4, -0.2) is 39.3 Å². The van der Waals surface area contributed by atoms with Crippen LogP contribution in [0.15, 0.2) is 18.2 Å². The summed E-state index contributed by atoms with van der Waals surface area (Å²) in [7, 11) is -3.48. The van der Waals surface area contributed by atoms with Gasteiger partial charge in [0.15, 0.2) is 6.10 Å². The quantitative estimate of drug-likeness (QED) is 0.908. The summed E-state index contributed by atoms with van der Waals surface area (Å²) in [6, 6.07) is 5.29. The van der Waals surface area contributed by atoms with E-state index in [1.165, 1.54) is 4.31 Å². The lowest BCUT2D eigenvalue weighted by molar-refractivity contribution is -0.128. The van der Waals surface area contributed by atoms with E-state index in [9.17, 15) is 13.2 Å². The molecule has 0 spiro atoms. The molecule has 0 radical (unpaired) electrons. The number of ether oxygens (including phenoxy) is 1. The highest BCUT2D eigenvalue weighted by Crippen LogP contribution is 2.35. The summed E-state index contributed by atoms with van der Waals surface area (Å²) in [4.78, 5) is 12.3. The van der Waals surface area contributed by atoms with Crippen molar-refractivity contribution < 1.29 is 17.9 Å². The van der Waals surface area contributed by atoms with E-state index in [2.05, 4.69) is 5.32 Å². The van der Waals surface area contributed by atoms with Crippen LogP contribution in [0.3, 0.4) is 0 Å². The van der Waals surface area contributed by atoms with Crippen LogP contribution >= 0.6 is 0 Å². The van der Waals surface area contributed by atoms with E-state index in [0.717, 1.165) is 18.2 Å². The van der Waals surface area contributed by atoms with Gasteiger partial charge in [0.25, 0.3) is 5.91 Å². The molecular formula is C15H22N2O4S. The van der Waals surface area contributed by atoms with E-state index < -0.39 is 16.1 Å². The molecule has 0 fully saturated rings. The largest absolute Gasteiger partial charge is 0.476 e. The van der Waals surface area contributed by atoms with Gasteiger partial charge < -0.3 is 10.1 Å². The van der Waals surface area contributed by atoms with Gasteiger partial charge in [-0.05, 0) is 38.0 Å². The molecule has 1 aliphatic heterocycles. The summed E-state index contributed by atoms with van der Waals surface area (Å²) >= 11 is 0. The Morgan fingerprint density at radius 2 is 2.18 bits per heavy atom. The van der Waals surface area contributed by atoms with Crippen LogP contribution in [0.5, 0.6) is 5.75 Å². The smallest absolute Gasteiger partial charge is 0.263 e. The Kier molecular flexibility index (Phi) is 4.65. The SMILES string of the molecule is CCC(C)NC(=O)C1CN(S(C)(=O)=O)c2cc(C)ccc2O1. The molecule has 1 aromatic rings. The van der Waals surface area contributed by atoms with Gasteiger partial charge in [0, 0.05) is 6.04 Å². The first-order valence-corrected chi connectivity index (χ1v) is 9.12. The van der Waals surface area contributed by atoms with Crippen LogP contribution < -0.4 is 14.4 Å². The normalized spacial score (nSPS) is 19.1. The van der Waals surface area contributed by atoms with Crippen LogP contribution in [0.2, 0.25) is 0 Å². The average Bonchev–Trinajstić information content (AvgIpc) is 2.44. The Labute approximate surface area is 131 Å². The van der Waals surface area contributed by atoms with Gasteiger partial charge in [0.05, 0.1) is 18.5 Å². The molecule has 1 aromatic carbocycles. The summed E-state index contributed by atoms with van der Waals surface area (Å²) in [6.45, 7) is 5.72. The number of nitrogens with one attached hydrogen (secondary N) is 1. The zero-order valence-electron chi connectivity index (χ0n) is 13.3. The molecule has 2 unspecified atom stereocenters. The molecule has 122 valence electrons. The Bertz CT molecular complexity index is 672. The number of amides is 1. The van der Waals surface area contributed by atoms with Crippen molar-refractivity contribution in [3.63, 3.8) is 0 Å². The van der Waals surface area contributed by atoms with Crippen LogP contribution in [0.25, 0.3) is 0 Å². The van der Waals surface area contributed by atoms with Crippen LogP contribution in [0.4, 0.5) is 5.69 Å². The van der Waals surface area contributed by atoms with Gasteiger partial charge in [0.2, 0.25) is 10.0 Å². The summed E-state index contributed by atoms with van der Waals surface area (Å²) in [5, 5.41) is 2.83. The highest BCUT2D eigenvalue weighted by molar-refractivity contribution is 7.92. The number of hydrogen-bond donors (Lipinski definition) is 1. The maximum Gasteiger partial charge on any atom is 0.263 e. The number of sulfonamides is 1. The van der Waals surface area contributed by atoms with Gasteiger partial charge in [-0.1, -0.05) is 13.0 Å². The highest BCUT2D eigenvalue weighted by Gasteiger charge is 2.35. The molecule has 6 nitrogen and oxygen atoms in total. The molecule has 1 N–H and O–H groups in total. The lowest BCUT2D eigenvalue weighted by atomic mass is 10.1. The first kappa shape index (κ1) is 16.6. The van der Waals surface area contributed by atoms with Gasteiger partial charge in [-0.3, -0.25) is 9.10 Å². The van der Waals surface area contributed by atoms with Crippen molar-refractivity contribution in [2.75, 3.05) is 17.1 Å². The summed E-state index contributed by atoms with van der Waals surface area (Å²) in [5.74, 6) is 0.112. The molecular weight excluding hydrogens is 304 g/mol. The van der Waals surface area contributed by atoms with Crippen molar-refractivity contribution in [2.45, 2.75) is 39.3 Å². The van der Waals surface area contributed by atoms with Gasteiger partial charge >= 0.3 is 0 Å². The van der Waals surface area contributed by atoms with E-state index >= 15 is 0 Å². The number of anilines is 1. The van der Waals surface area contributed by atoms with Crippen molar-refractivity contribution in [2.24, 2.45) is 0 Å². The Hall–Kier alpha value is -1.76. The summed E-state index contributed by atoms with van der Waals surface area (Å²) in [5.41, 5.74) is 1.41. The van der Waals surface area contributed by atoms with Gasteiger partial charge in [-0.25, -0.2) is 8.42 Å². The lowest BCUT2D eigenvalue weighted by Gasteiger charge is -2.34. The van der Waals surface area contributed by atoms with Crippen LogP contribution in [-0.2, 0) is 14.8 Å². The number of benzene rings is 1. The summed E-state index contributed by atoms with van der Waals surface area (Å²) < 4.78 is 31.0. The van der Waals surface area contributed by atoms with Gasteiger partial charge in [-0.15, -0.1) is 0 Å². The number of aryl methyl sites for hydroxylation is 1. The molecule has 7 heteroatoms. The Morgan fingerprint density at radius 3 is 2.77 bits per heavy atom. The van der Waals surface area contributed by atoms with Crippen molar-refractivity contribution in [1.82, 2.24) is 5.32 Å². The van der Waals surface area contributed by atoms with E-state index in [-0.39, 0.29) is 18.5 Å². The number of fused-ring (bicyclic) bond motifs is 1. The first-order chi connectivity index (χ1) is 10.2. The molecule has 2 rings (SSSR count). The van der Waals surface area contributed by atoms with Crippen molar-refractivity contribution in [3.8, 4) is 5.75 Å². The third-order valence-electron chi connectivity index (χ3n) is 3.68. The minimum absolute atomic E-state index is 0.0159. The number of carbonyl (C=O) groups excluding carboxylic acids is 1. The van der Waals surface area contributed by atoms with E-state index in [4.69, 9.17) is 4.74 Å². The van der Waals surface area contributed by atoms with E-state index in [0.29, 0.717) is 11.4 Å². The molecule has 1 amide bonds. The van der Waals surface area contributed by atoms with E-state index in [1.54, 1.807) is 12.1 Å². The molecule has 0 bridgehead atoms. The third kappa shape index (κ3) is 3.52. The Morgan fingerprint density at radius 1 is 1.50 bits per heavy atom. The minimum Gasteiger partial charge on any atom is -0.476 e. The monoisotopic (exact) mass is 326 g/mol. The second kappa shape index (κ2) is 6.16. The molecule has 1 heterocycles. The fraction of sp³-hybridized carbons (Fsp3) is 0.533. The zero-order chi connectivity index (χ0) is 16.5. The predicted octanol–water partition coefficient (Wildman–Crippen LogP) is 1.44. The molecule has 0 aromatic heterocycles. The van der Waals surface area contributed by atoms with Gasteiger partial charge in [-0.2, -0.15) is 0 Å². The lowest BCUT2D eigenvalue weighted by Crippen LogP contribution is -2.51. The number of nitrogens with zero attached hydrogens (tertiary/aromatic N) is 1. The second-order valence-electron chi connectivity index (χ2n) is 5.69. The fourth-order valence-electron chi connectivity index (χ4n) is 2.25. The number of rotatable bonds is 4. The number of hydrogen-bond acceptors (Lipinski definition) is 4. The van der Waals surface area contributed by atoms with Crippen LogP contribution in [0.1, 0.15) is 25.8 Å². The van der Waals surface area contributed by atoms with Crippen molar-refractivity contribution in [1.29, 1.82) is 0 Å². The van der Waals surface area contributed by atoms with E-state index in [1.807, 2.05) is 26.8 Å². The maximum absolute atomic E-state index is 12.3. The highest BCUT2D eigenvalue weighted by atomic mass is 32.2. The standard InChI is InChI=1S/C15H22N2O4S/c1-5-11(3)16-15(18)14-9-17(22(4,19)20)12-8-10(2)6-7-13(12)21-14/h6-8,11,14H,5,9H2,1-4H3,(H,16,18). The minimum atomic E-state index is -3.48. The number of carbonyl (C=O) groups is 1. The van der Waals surface area contributed by atoms with Crippen molar-refractivity contribution in [3.05, 3.63) is 23.8 Å². The average molecular weight is 326 g/mol. The molecule has 0 saturated heterocycles. The predicted molar refractivity (Wildman–Crippen MR) is 85.7 cm³/mol. The maximum atomic E-state index is 12.3. The molecule has 22 heavy (non-hydrogen) atoms. The zero-order valence-corrected chi connectivity index (χ0v) is 14.1. The van der Waals surface area contributed by atoms with Crippen molar-refractivity contribution >= 4 is 21.6 Å².